The van der Waals surface area contributed by atoms with Crippen LogP contribution in [0.3, 0.4) is 0 Å². The molecule has 0 spiro atoms. The zero-order valence-corrected chi connectivity index (χ0v) is 10.3. The number of carbonyl (C=O) groups is 2. The molecular formula is C12H16N2O4. The van der Waals surface area contributed by atoms with Gasteiger partial charge in [-0.15, -0.1) is 0 Å². The SMILES string of the molecule is CC(O)CCN(C)C(=O)c1ccnc(C(=O)O)c1. The number of pyridine rings is 1. The van der Waals surface area contributed by atoms with Gasteiger partial charge in [-0.05, 0) is 25.5 Å². The van der Waals surface area contributed by atoms with Crippen molar-refractivity contribution >= 4 is 11.9 Å². The number of rotatable bonds is 5. The first-order chi connectivity index (χ1) is 8.41. The average molecular weight is 252 g/mol. The number of nitrogens with zero attached hydrogens (tertiary/aromatic N) is 2. The Morgan fingerprint density at radius 2 is 2.17 bits per heavy atom. The number of carboxylic acids is 1. The molecule has 98 valence electrons. The summed E-state index contributed by atoms with van der Waals surface area (Å²) >= 11 is 0. The number of aliphatic hydroxyl groups excluding tert-OH is 1. The first kappa shape index (κ1) is 14.1. The molecule has 0 saturated carbocycles. The Morgan fingerprint density at radius 1 is 1.50 bits per heavy atom. The molecule has 1 rings (SSSR count). The smallest absolute Gasteiger partial charge is 0.354 e. The Morgan fingerprint density at radius 3 is 2.72 bits per heavy atom. The van der Waals surface area contributed by atoms with E-state index in [0.29, 0.717) is 13.0 Å². The molecule has 6 nitrogen and oxygen atoms in total. The fourth-order valence-corrected chi connectivity index (χ4v) is 1.38. The van der Waals surface area contributed by atoms with Gasteiger partial charge in [-0.2, -0.15) is 0 Å². The average Bonchev–Trinajstić information content (AvgIpc) is 2.35. The van der Waals surface area contributed by atoms with Crippen molar-refractivity contribution in [3.8, 4) is 0 Å². The first-order valence-electron chi connectivity index (χ1n) is 5.54. The highest BCUT2D eigenvalue weighted by Crippen LogP contribution is 2.06. The molecule has 6 heteroatoms. The summed E-state index contributed by atoms with van der Waals surface area (Å²) in [5.41, 5.74) is 0.111. The minimum atomic E-state index is -1.17. The molecule has 0 fully saturated rings. The predicted octanol–water partition coefficient (Wildman–Crippen LogP) is 0.623. The molecule has 0 bridgehead atoms. The summed E-state index contributed by atoms with van der Waals surface area (Å²) in [7, 11) is 1.60. The molecule has 1 aromatic heterocycles. The van der Waals surface area contributed by atoms with Crippen molar-refractivity contribution in [2.75, 3.05) is 13.6 Å². The highest BCUT2D eigenvalue weighted by Gasteiger charge is 2.14. The van der Waals surface area contributed by atoms with Gasteiger partial charge >= 0.3 is 5.97 Å². The zero-order valence-electron chi connectivity index (χ0n) is 10.3. The van der Waals surface area contributed by atoms with Gasteiger partial charge < -0.3 is 15.1 Å². The maximum Gasteiger partial charge on any atom is 0.354 e. The van der Waals surface area contributed by atoms with E-state index < -0.39 is 12.1 Å². The van der Waals surface area contributed by atoms with Crippen molar-refractivity contribution in [1.82, 2.24) is 9.88 Å². The molecule has 1 amide bonds. The summed E-state index contributed by atoms with van der Waals surface area (Å²) < 4.78 is 0. The molecule has 0 aliphatic carbocycles. The predicted molar refractivity (Wildman–Crippen MR) is 64.5 cm³/mol. The van der Waals surface area contributed by atoms with Gasteiger partial charge in [0.15, 0.2) is 0 Å². The Kier molecular flexibility index (Phi) is 4.79. The summed E-state index contributed by atoms with van der Waals surface area (Å²) in [5, 5.41) is 17.9. The van der Waals surface area contributed by atoms with E-state index in [4.69, 9.17) is 10.2 Å². The third-order valence-electron chi connectivity index (χ3n) is 2.45. The largest absolute Gasteiger partial charge is 0.477 e. The van der Waals surface area contributed by atoms with Crippen molar-refractivity contribution in [2.24, 2.45) is 0 Å². The third-order valence-corrected chi connectivity index (χ3v) is 2.45. The van der Waals surface area contributed by atoms with Gasteiger partial charge in [0.05, 0.1) is 6.10 Å². The monoisotopic (exact) mass is 252 g/mol. The fraction of sp³-hybridized carbons (Fsp3) is 0.417. The Labute approximate surface area is 105 Å². The lowest BCUT2D eigenvalue weighted by molar-refractivity contribution is 0.0690. The Bertz CT molecular complexity index is 445. The van der Waals surface area contributed by atoms with Gasteiger partial charge in [0, 0.05) is 25.4 Å². The van der Waals surface area contributed by atoms with E-state index >= 15 is 0 Å². The van der Waals surface area contributed by atoms with E-state index in [1.165, 1.54) is 23.2 Å². The lowest BCUT2D eigenvalue weighted by Crippen LogP contribution is -2.29. The van der Waals surface area contributed by atoms with E-state index in [0.717, 1.165) is 0 Å². The number of carboxylic acid groups (broad SMARTS) is 1. The number of aliphatic hydroxyl groups is 1. The second-order valence-electron chi connectivity index (χ2n) is 4.10. The number of carbonyl (C=O) groups excluding carboxylic acids is 1. The van der Waals surface area contributed by atoms with E-state index in [1.54, 1.807) is 14.0 Å². The zero-order chi connectivity index (χ0) is 13.7. The molecule has 1 heterocycles. The third kappa shape index (κ3) is 3.81. The van der Waals surface area contributed by atoms with Crippen LogP contribution in [0.4, 0.5) is 0 Å². The van der Waals surface area contributed by atoms with Crippen LogP contribution in [0.5, 0.6) is 0 Å². The highest BCUT2D eigenvalue weighted by molar-refractivity contribution is 5.96. The molecule has 0 saturated heterocycles. The van der Waals surface area contributed by atoms with Crippen LogP contribution in [-0.4, -0.2) is 51.7 Å². The minimum Gasteiger partial charge on any atom is -0.477 e. The van der Waals surface area contributed by atoms with Crippen molar-refractivity contribution in [2.45, 2.75) is 19.4 Å². The lowest BCUT2D eigenvalue weighted by atomic mass is 10.2. The van der Waals surface area contributed by atoms with Crippen LogP contribution in [-0.2, 0) is 0 Å². The van der Waals surface area contributed by atoms with Crippen LogP contribution in [0.15, 0.2) is 18.3 Å². The van der Waals surface area contributed by atoms with Gasteiger partial charge in [-0.1, -0.05) is 0 Å². The topological polar surface area (TPSA) is 90.7 Å². The van der Waals surface area contributed by atoms with Gasteiger partial charge in [0.25, 0.3) is 5.91 Å². The number of amides is 1. The standard InChI is InChI=1S/C12H16N2O4/c1-8(15)4-6-14(2)11(16)9-3-5-13-10(7-9)12(17)18/h3,5,7-8,15H,4,6H2,1-2H3,(H,17,18). The van der Waals surface area contributed by atoms with E-state index in [9.17, 15) is 9.59 Å². The van der Waals surface area contributed by atoms with Crippen LogP contribution < -0.4 is 0 Å². The lowest BCUT2D eigenvalue weighted by Gasteiger charge is -2.18. The Hall–Kier alpha value is -1.95. The molecule has 0 aliphatic rings. The number of aromatic carboxylic acids is 1. The van der Waals surface area contributed by atoms with Gasteiger partial charge in [-0.25, -0.2) is 9.78 Å². The van der Waals surface area contributed by atoms with Crippen LogP contribution in [0, 0.1) is 0 Å². The van der Waals surface area contributed by atoms with Gasteiger partial charge in [0.1, 0.15) is 5.69 Å². The number of hydrogen-bond acceptors (Lipinski definition) is 4. The van der Waals surface area contributed by atoms with Crippen molar-refractivity contribution in [3.05, 3.63) is 29.6 Å². The summed E-state index contributed by atoms with van der Waals surface area (Å²) in [6.07, 6.45) is 1.28. The van der Waals surface area contributed by atoms with Gasteiger partial charge in [-0.3, -0.25) is 4.79 Å². The molecule has 1 atom stereocenters. The molecule has 0 aliphatic heterocycles. The maximum absolute atomic E-state index is 12.0. The second kappa shape index (κ2) is 6.11. The second-order valence-corrected chi connectivity index (χ2v) is 4.10. The van der Waals surface area contributed by atoms with Crippen LogP contribution in [0.1, 0.15) is 34.2 Å². The molecule has 0 radical (unpaired) electrons. The number of aromatic nitrogens is 1. The van der Waals surface area contributed by atoms with Crippen LogP contribution in [0.25, 0.3) is 0 Å². The quantitative estimate of drug-likeness (QED) is 0.801. The molecule has 1 aromatic rings. The molecular weight excluding hydrogens is 236 g/mol. The maximum atomic E-state index is 12.0. The van der Waals surface area contributed by atoms with Crippen LogP contribution in [0.2, 0.25) is 0 Å². The first-order valence-corrected chi connectivity index (χ1v) is 5.54. The van der Waals surface area contributed by atoms with E-state index in [1.807, 2.05) is 0 Å². The molecule has 18 heavy (non-hydrogen) atoms. The van der Waals surface area contributed by atoms with Crippen molar-refractivity contribution in [3.63, 3.8) is 0 Å². The van der Waals surface area contributed by atoms with Crippen molar-refractivity contribution in [1.29, 1.82) is 0 Å². The van der Waals surface area contributed by atoms with E-state index in [-0.39, 0.29) is 17.2 Å². The fourth-order valence-electron chi connectivity index (χ4n) is 1.38. The summed E-state index contributed by atoms with van der Waals surface area (Å²) in [6.45, 7) is 2.05. The number of hydrogen-bond donors (Lipinski definition) is 2. The summed E-state index contributed by atoms with van der Waals surface area (Å²) in [4.78, 5) is 27.8. The van der Waals surface area contributed by atoms with Gasteiger partial charge in [0.2, 0.25) is 0 Å². The summed E-state index contributed by atoms with van der Waals surface area (Å²) in [6, 6.07) is 2.71. The normalized spacial score (nSPS) is 11.9. The highest BCUT2D eigenvalue weighted by atomic mass is 16.4. The van der Waals surface area contributed by atoms with Crippen molar-refractivity contribution < 1.29 is 19.8 Å². The Balaban J connectivity index is 2.77. The van der Waals surface area contributed by atoms with Crippen LogP contribution >= 0.6 is 0 Å². The molecule has 0 aromatic carbocycles. The molecule has 1 unspecified atom stereocenters. The van der Waals surface area contributed by atoms with E-state index in [2.05, 4.69) is 4.98 Å². The summed E-state index contributed by atoms with van der Waals surface area (Å²) in [5.74, 6) is -1.46. The minimum absolute atomic E-state index is 0.162. The molecule has 2 N–H and O–H groups in total.